The number of halogens is 3. The molecule has 1 aromatic carbocycles. The first-order chi connectivity index (χ1) is 10.9. The molecule has 0 aliphatic heterocycles. The summed E-state index contributed by atoms with van der Waals surface area (Å²) in [7, 11) is 0. The Morgan fingerprint density at radius 1 is 1.35 bits per heavy atom. The van der Waals surface area contributed by atoms with Gasteiger partial charge in [0.15, 0.2) is 0 Å². The molecule has 3 N–H and O–H groups in total. The molecule has 1 atom stereocenters. The number of hydrogen-bond donors (Lipinski definition) is 2. The van der Waals surface area contributed by atoms with Crippen molar-refractivity contribution in [2.75, 3.05) is 0 Å². The molecule has 2 heterocycles. The molecule has 23 heavy (non-hydrogen) atoms. The minimum absolute atomic E-state index is 0.0697. The number of rotatable bonds is 3. The number of nitrogens with two attached hydrogens (primary N) is 1. The van der Waals surface area contributed by atoms with Crippen molar-refractivity contribution in [3.8, 4) is 5.82 Å². The maximum Gasteiger partial charge on any atom is 0.267 e. The molecule has 1 unspecified atom stereocenters. The van der Waals surface area contributed by atoms with Crippen LogP contribution in [0, 0.1) is 5.82 Å². The lowest BCUT2D eigenvalue weighted by Crippen LogP contribution is -2.28. The Bertz CT molecular complexity index is 918. The minimum Gasteiger partial charge on any atom is -0.322 e. The number of fused-ring (bicyclic) bond motifs is 1. The molecule has 120 valence electrons. The third kappa shape index (κ3) is 2.48. The van der Waals surface area contributed by atoms with Crippen LogP contribution in [0.25, 0.3) is 16.7 Å². The predicted molar refractivity (Wildman–Crippen MR) is 77.0 cm³/mol. The van der Waals surface area contributed by atoms with Gasteiger partial charge < -0.3 is 5.73 Å². The van der Waals surface area contributed by atoms with Gasteiger partial charge in [0, 0.05) is 11.6 Å². The third-order valence-electron chi connectivity index (χ3n) is 3.36. The van der Waals surface area contributed by atoms with Gasteiger partial charge in [-0.3, -0.25) is 9.89 Å². The van der Waals surface area contributed by atoms with Crippen molar-refractivity contribution in [2.24, 2.45) is 5.73 Å². The largest absolute Gasteiger partial charge is 0.322 e. The molecule has 3 rings (SSSR count). The molecule has 0 saturated heterocycles. The molecule has 2 aromatic heterocycles. The highest BCUT2D eigenvalue weighted by atomic mass is 19.3. The molecule has 0 aliphatic rings. The number of nitrogens with one attached hydrogen (secondary N) is 1. The Morgan fingerprint density at radius 3 is 2.65 bits per heavy atom. The lowest BCUT2D eigenvalue weighted by molar-refractivity contribution is 0.152. The van der Waals surface area contributed by atoms with Crippen LogP contribution in [0.5, 0.6) is 0 Å². The van der Waals surface area contributed by atoms with Crippen molar-refractivity contribution >= 4 is 10.9 Å². The number of H-pyrrole nitrogens is 1. The van der Waals surface area contributed by atoms with Gasteiger partial charge >= 0.3 is 0 Å². The third-order valence-corrected chi connectivity index (χ3v) is 3.36. The number of aromatic amines is 1. The SMILES string of the molecule is CC(N)c1nc2c(C(F)F)cc(F)cc2c(=O)n1-c1ccn[nH]1. The molecule has 0 amide bonds. The first-order valence-electron chi connectivity index (χ1n) is 6.69. The maximum atomic E-state index is 13.6. The maximum absolute atomic E-state index is 13.6. The van der Waals surface area contributed by atoms with E-state index in [0.29, 0.717) is 6.07 Å². The zero-order valence-electron chi connectivity index (χ0n) is 11.9. The Labute approximate surface area is 127 Å². The average Bonchev–Trinajstić information content (AvgIpc) is 3.00. The highest BCUT2D eigenvalue weighted by molar-refractivity contribution is 5.81. The fraction of sp³-hybridized carbons (Fsp3) is 0.214. The highest BCUT2D eigenvalue weighted by Crippen LogP contribution is 2.27. The van der Waals surface area contributed by atoms with Crippen LogP contribution in [0.1, 0.15) is 30.8 Å². The van der Waals surface area contributed by atoms with E-state index in [0.717, 1.165) is 10.6 Å². The van der Waals surface area contributed by atoms with Crippen LogP contribution in [-0.4, -0.2) is 19.7 Å². The van der Waals surface area contributed by atoms with E-state index in [1.54, 1.807) is 6.92 Å². The number of nitrogens with zero attached hydrogens (tertiary/aromatic N) is 3. The van der Waals surface area contributed by atoms with Gasteiger partial charge in [0.1, 0.15) is 17.5 Å². The second-order valence-corrected chi connectivity index (χ2v) is 5.03. The molecule has 9 heteroatoms. The summed E-state index contributed by atoms with van der Waals surface area (Å²) < 4.78 is 41.0. The lowest BCUT2D eigenvalue weighted by atomic mass is 10.1. The average molecular weight is 323 g/mol. The second kappa shape index (κ2) is 5.51. The van der Waals surface area contributed by atoms with Crippen LogP contribution in [0.2, 0.25) is 0 Å². The zero-order chi connectivity index (χ0) is 16.7. The van der Waals surface area contributed by atoms with E-state index in [1.807, 2.05) is 0 Å². The summed E-state index contributed by atoms with van der Waals surface area (Å²) in [6, 6.07) is 2.33. The van der Waals surface area contributed by atoms with E-state index in [9.17, 15) is 18.0 Å². The standard InChI is InChI=1S/C14H12F3N5O/c1-6(18)13-20-11-8(12(16)17)4-7(15)5-9(11)14(23)22(13)10-2-3-19-21-10/h2-6,12H,18H2,1H3,(H,19,21). The summed E-state index contributed by atoms with van der Waals surface area (Å²) in [4.78, 5) is 16.8. The molecule has 0 fully saturated rings. The molecule has 3 aromatic rings. The Hall–Kier alpha value is -2.68. The van der Waals surface area contributed by atoms with Gasteiger partial charge in [-0.1, -0.05) is 0 Å². The summed E-state index contributed by atoms with van der Waals surface area (Å²) in [6.45, 7) is 1.56. The number of alkyl halides is 2. The van der Waals surface area contributed by atoms with E-state index in [1.165, 1.54) is 12.3 Å². The summed E-state index contributed by atoms with van der Waals surface area (Å²) in [5, 5.41) is 6.07. The molecule has 0 saturated carbocycles. The predicted octanol–water partition coefficient (Wildman–Crippen LogP) is 2.21. The highest BCUT2D eigenvalue weighted by Gasteiger charge is 2.22. The molecular formula is C14H12F3N5O. The normalized spacial score (nSPS) is 13.0. The molecule has 0 radical (unpaired) electrons. The Morgan fingerprint density at radius 2 is 2.09 bits per heavy atom. The smallest absolute Gasteiger partial charge is 0.267 e. The van der Waals surface area contributed by atoms with E-state index in [4.69, 9.17) is 5.73 Å². The van der Waals surface area contributed by atoms with E-state index < -0.39 is 29.4 Å². The molecule has 6 nitrogen and oxygen atoms in total. The van der Waals surface area contributed by atoms with Crippen LogP contribution >= 0.6 is 0 Å². The van der Waals surface area contributed by atoms with Crippen molar-refractivity contribution in [1.29, 1.82) is 0 Å². The quantitative estimate of drug-likeness (QED) is 0.773. The topological polar surface area (TPSA) is 89.6 Å². The molecule has 0 spiro atoms. The zero-order valence-corrected chi connectivity index (χ0v) is 11.9. The van der Waals surface area contributed by atoms with Gasteiger partial charge in [-0.05, 0) is 19.1 Å². The van der Waals surface area contributed by atoms with Crippen molar-refractivity contribution in [3.05, 3.63) is 52.0 Å². The van der Waals surface area contributed by atoms with E-state index in [2.05, 4.69) is 15.2 Å². The molecule has 0 bridgehead atoms. The van der Waals surface area contributed by atoms with Crippen LogP contribution in [0.4, 0.5) is 13.2 Å². The summed E-state index contributed by atoms with van der Waals surface area (Å²) >= 11 is 0. The van der Waals surface area contributed by atoms with Crippen LogP contribution < -0.4 is 11.3 Å². The first kappa shape index (κ1) is 15.2. The van der Waals surface area contributed by atoms with Gasteiger partial charge in [0.05, 0.1) is 23.1 Å². The number of aromatic nitrogens is 4. The lowest BCUT2D eigenvalue weighted by Gasteiger charge is -2.15. The van der Waals surface area contributed by atoms with Crippen molar-refractivity contribution in [1.82, 2.24) is 19.7 Å². The summed E-state index contributed by atoms with van der Waals surface area (Å²) in [6.07, 6.45) is -1.56. The van der Waals surface area contributed by atoms with Gasteiger partial charge in [-0.15, -0.1) is 0 Å². The van der Waals surface area contributed by atoms with Gasteiger partial charge in [0.2, 0.25) is 0 Å². The summed E-state index contributed by atoms with van der Waals surface area (Å²) in [5.41, 5.74) is 4.22. The second-order valence-electron chi connectivity index (χ2n) is 5.03. The minimum atomic E-state index is -2.97. The monoisotopic (exact) mass is 323 g/mol. The number of benzene rings is 1. The van der Waals surface area contributed by atoms with Crippen LogP contribution in [0.15, 0.2) is 29.2 Å². The fourth-order valence-corrected chi connectivity index (χ4v) is 2.37. The van der Waals surface area contributed by atoms with Crippen LogP contribution in [-0.2, 0) is 0 Å². The van der Waals surface area contributed by atoms with Gasteiger partial charge in [-0.2, -0.15) is 5.10 Å². The molecule has 0 aliphatic carbocycles. The van der Waals surface area contributed by atoms with Crippen LogP contribution in [0.3, 0.4) is 0 Å². The van der Waals surface area contributed by atoms with E-state index in [-0.39, 0.29) is 22.5 Å². The first-order valence-corrected chi connectivity index (χ1v) is 6.69. The van der Waals surface area contributed by atoms with Crippen molar-refractivity contribution in [3.63, 3.8) is 0 Å². The Kier molecular flexibility index (Phi) is 3.64. The Balaban J connectivity index is 2.48. The van der Waals surface area contributed by atoms with Gasteiger partial charge in [0.25, 0.3) is 12.0 Å². The fourth-order valence-electron chi connectivity index (χ4n) is 2.37. The number of hydrogen-bond acceptors (Lipinski definition) is 4. The van der Waals surface area contributed by atoms with Crippen molar-refractivity contribution < 1.29 is 13.2 Å². The van der Waals surface area contributed by atoms with Crippen molar-refractivity contribution in [2.45, 2.75) is 19.4 Å². The summed E-state index contributed by atoms with van der Waals surface area (Å²) in [5.74, 6) is -0.601. The molecular weight excluding hydrogens is 311 g/mol. The van der Waals surface area contributed by atoms with E-state index >= 15 is 0 Å². The van der Waals surface area contributed by atoms with Gasteiger partial charge in [-0.25, -0.2) is 22.7 Å².